The van der Waals surface area contributed by atoms with Crippen LogP contribution in [0.4, 0.5) is 0 Å². The molecule has 0 radical (unpaired) electrons. The van der Waals surface area contributed by atoms with Gasteiger partial charge in [-0.05, 0) is 30.3 Å². The Balaban J connectivity index is 1.88. The van der Waals surface area contributed by atoms with Gasteiger partial charge in [-0.3, -0.25) is 9.78 Å². The molecule has 0 atom stereocenters. The van der Waals surface area contributed by atoms with Crippen LogP contribution in [0.3, 0.4) is 0 Å². The van der Waals surface area contributed by atoms with Crippen LogP contribution in [0.25, 0.3) is 33.6 Å². The summed E-state index contributed by atoms with van der Waals surface area (Å²) in [5, 5.41) is 2.76. The SMILES string of the molecule is COc1cc(-c2cc3nccc(-c4c(OC)cc(C(=O)NCCN)cc4OC)c3o2)cc(OC)c1OC. The van der Waals surface area contributed by atoms with Gasteiger partial charge in [-0.2, -0.15) is 0 Å². The first-order chi connectivity index (χ1) is 18.0. The van der Waals surface area contributed by atoms with Crippen molar-refractivity contribution in [1.82, 2.24) is 10.3 Å². The van der Waals surface area contributed by atoms with Crippen LogP contribution < -0.4 is 34.7 Å². The van der Waals surface area contributed by atoms with Gasteiger partial charge >= 0.3 is 0 Å². The number of hydrogen-bond acceptors (Lipinski definition) is 9. The molecule has 2 heterocycles. The Hall–Kier alpha value is -4.44. The monoisotopic (exact) mass is 507 g/mol. The molecule has 4 rings (SSSR count). The van der Waals surface area contributed by atoms with Crippen molar-refractivity contribution in [1.29, 1.82) is 0 Å². The number of furan rings is 1. The third-order valence-corrected chi connectivity index (χ3v) is 5.83. The van der Waals surface area contributed by atoms with Gasteiger partial charge in [-0.1, -0.05) is 0 Å². The minimum atomic E-state index is -0.281. The molecule has 0 fully saturated rings. The molecular formula is C27H29N3O7. The summed E-state index contributed by atoms with van der Waals surface area (Å²) in [6, 6.07) is 10.5. The quantitative estimate of drug-likeness (QED) is 0.329. The second kappa shape index (κ2) is 11.1. The Morgan fingerprint density at radius 1 is 0.892 bits per heavy atom. The number of ether oxygens (including phenoxy) is 5. The molecule has 10 heteroatoms. The van der Waals surface area contributed by atoms with E-state index in [0.29, 0.717) is 81.0 Å². The fourth-order valence-electron chi connectivity index (χ4n) is 4.10. The second-order valence-electron chi connectivity index (χ2n) is 7.90. The van der Waals surface area contributed by atoms with Gasteiger partial charge in [0.15, 0.2) is 17.1 Å². The fourth-order valence-corrected chi connectivity index (χ4v) is 4.10. The zero-order valence-electron chi connectivity index (χ0n) is 21.3. The lowest BCUT2D eigenvalue weighted by atomic mass is 10.0. The van der Waals surface area contributed by atoms with Gasteiger partial charge in [0.25, 0.3) is 5.91 Å². The number of rotatable bonds is 10. The Labute approximate surface area is 214 Å². The number of amides is 1. The molecule has 0 bridgehead atoms. The van der Waals surface area contributed by atoms with Crippen molar-refractivity contribution in [3.05, 3.63) is 48.2 Å². The van der Waals surface area contributed by atoms with Gasteiger partial charge in [0, 0.05) is 42.0 Å². The second-order valence-corrected chi connectivity index (χ2v) is 7.90. The molecule has 194 valence electrons. The summed E-state index contributed by atoms with van der Waals surface area (Å²) in [6.45, 7) is 0.687. The number of benzene rings is 2. The number of carbonyl (C=O) groups excluding carboxylic acids is 1. The Morgan fingerprint density at radius 2 is 1.51 bits per heavy atom. The molecule has 0 saturated heterocycles. The zero-order valence-corrected chi connectivity index (χ0v) is 21.3. The van der Waals surface area contributed by atoms with Crippen LogP contribution in [0.15, 0.2) is 47.0 Å². The summed E-state index contributed by atoms with van der Waals surface area (Å²) in [5.41, 5.74) is 9.05. The molecule has 1 amide bonds. The first kappa shape index (κ1) is 25.6. The molecule has 37 heavy (non-hydrogen) atoms. The van der Waals surface area contributed by atoms with Crippen molar-refractivity contribution in [2.24, 2.45) is 5.73 Å². The highest BCUT2D eigenvalue weighted by atomic mass is 16.5. The van der Waals surface area contributed by atoms with E-state index in [0.717, 1.165) is 0 Å². The summed E-state index contributed by atoms with van der Waals surface area (Å²) in [6.07, 6.45) is 1.67. The molecule has 4 aromatic rings. The van der Waals surface area contributed by atoms with Crippen LogP contribution in [0.5, 0.6) is 28.7 Å². The maximum atomic E-state index is 12.6. The molecule has 2 aromatic heterocycles. The maximum Gasteiger partial charge on any atom is 0.251 e. The van der Waals surface area contributed by atoms with E-state index in [-0.39, 0.29) is 5.91 Å². The Morgan fingerprint density at radius 3 is 2.05 bits per heavy atom. The third-order valence-electron chi connectivity index (χ3n) is 5.83. The molecule has 0 unspecified atom stereocenters. The van der Waals surface area contributed by atoms with Crippen molar-refractivity contribution in [2.75, 3.05) is 48.6 Å². The van der Waals surface area contributed by atoms with Gasteiger partial charge in [-0.15, -0.1) is 0 Å². The van der Waals surface area contributed by atoms with Gasteiger partial charge in [0.2, 0.25) is 5.75 Å². The number of hydrogen-bond donors (Lipinski definition) is 2. The third kappa shape index (κ3) is 4.83. The standard InChI is InChI=1S/C27H29N3O7/c1-32-20-12-16(27(31)30-9-7-28)13-21(33-2)24(20)17-6-8-29-18-14-19(37-25(17)18)15-10-22(34-3)26(36-5)23(11-15)35-4/h6,8,10-14H,7,9,28H2,1-5H3,(H,30,31). The molecule has 0 spiro atoms. The Kier molecular flexibility index (Phi) is 7.69. The Bertz CT molecular complexity index is 1380. The number of pyridine rings is 1. The first-order valence-electron chi connectivity index (χ1n) is 11.4. The number of nitrogens with two attached hydrogens (primary N) is 1. The minimum absolute atomic E-state index is 0.281. The van der Waals surface area contributed by atoms with Crippen LogP contribution >= 0.6 is 0 Å². The van der Waals surface area contributed by atoms with Gasteiger partial charge in [-0.25, -0.2) is 0 Å². The zero-order chi connectivity index (χ0) is 26.5. The maximum absolute atomic E-state index is 12.6. The smallest absolute Gasteiger partial charge is 0.251 e. The number of fused-ring (bicyclic) bond motifs is 1. The average Bonchev–Trinajstić information content (AvgIpc) is 3.39. The largest absolute Gasteiger partial charge is 0.496 e. The summed E-state index contributed by atoms with van der Waals surface area (Å²) in [5.74, 6) is 2.62. The lowest BCUT2D eigenvalue weighted by Gasteiger charge is -2.16. The molecule has 3 N–H and O–H groups in total. The number of carbonyl (C=O) groups is 1. The summed E-state index contributed by atoms with van der Waals surface area (Å²) >= 11 is 0. The first-order valence-corrected chi connectivity index (χ1v) is 11.4. The number of nitrogens with one attached hydrogen (secondary N) is 1. The van der Waals surface area contributed by atoms with Crippen molar-refractivity contribution in [2.45, 2.75) is 0 Å². The minimum Gasteiger partial charge on any atom is -0.496 e. The number of methoxy groups -OCH3 is 5. The van der Waals surface area contributed by atoms with Crippen LogP contribution in [0.1, 0.15) is 10.4 Å². The van der Waals surface area contributed by atoms with Gasteiger partial charge in [0.05, 0.1) is 41.1 Å². The lowest BCUT2D eigenvalue weighted by Crippen LogP contribution is -2.29. The van der Waals surface area contributed by atoms with E-state index in [4.69, 9.17) is 33.8 Å². The fraction of sp³-hybridized carbons (Fsp3) is 0.259. The average molecular weight is 508 g/mol. The molecule has 0 aliphatic carbocycles. The van der Waals surface area contributed by atoms with E-state index in [1.54, 1.807) is 57.9 Å². The van der Waals surface area contributed by atoms with Crippen molar-refractivity contribution >= 4 is 17.0 Å². The van der Waals surface area contributed by atoms with E-state index in [1.165, 1.54) is 14.2 Å². The van der Waals surface area contributed by atoms with E-state index < -0.39 is 0 Å². The molecule has 2 aromatic carbocycles. The normalized spacial score (nSPS) is 10.8. The van der Waals surface area contributed by atoms with Crippen molar-refractivity contribution < 1.29 is 32.9 Å². The van der Waals surface area contributed by atoms with E-state index in [9.17, 15) is 4.79 Å². The highest BCUT2D eigenvalue weighted by molar-refractivity contribution is 6.00. The number of aromatic nitrogens is 1. The summed E-state index contributed by atoms with van der Waals surface area (Å²) in [4.78, 5) is 17.1. The van der Waals surface area contributed by atoms with E-state index in [1.807, 2.05) is 6.07 Å². The molecule has 0 aliphatic rings. The predicted molar refractivity (Wildman–Crippen MR) is 139 cm³/mol. The van der Waals surface area contributed by atoms with Gasteiger partial charge < -0.3 is 39.2 Å². The van der Waals surface area contributed by atoms with Crippen molar-refractivity contribution in [3.8, 4) is 51.2 Å². The highest BCUT2D eigenvalue weighted by Crippen LogP contribution is 2.45. The lowest BCUT2D eigenvalue weighted by molar-refractivity contribution is 0.0954. The van der Waals surface area contributed by atoms with Crippen LogP contribution in [-0.4, -0.2) is 59.5 Å². The molecule has 0 aliphatic heterocycles. The molecule has 10 nitrogen and oxygen atoms in total. The van der Waals surface area contributed by atoms with E-state index >= 15 is 0 Å². The van der Waals surface area contributed by atoms with Crippen molar-refractivity contribution in [3.63, 3.8) is 0 Å². The van der Waals surface area contributed by atoms with E-state index in [2.05, 4.69) is 10.3 Å². The molecule has 0 saturated carbocycles. The van der Waals surface area contributed by atoms with Crippen LogP contribution in [0.2, 0.25) is 0 Å². The number of nitrogens with zero attached hydrogens (tertiary/aromatic N) is 1. The van der Waals surface area contributed by atoms with Crippen LogP contribution in [-0.2, 0) is 0 Å². The van der Waals surface area contributed by atoms with Gasteiger partial charge in [0.1, 0.15) is 22.8 Å². The topological polar surface area (TPSA) is 127 Å². The predicted octanol–water partition coefficient (Wildman–Crippen LogP) is 3.89. The summed E-state index contributed by atoms with van der Waals surface area (Å²) in [7, 11) is 7.71. The summed E-state index contributed by atoms with van der Waals surface area (Å²) < 4.78 is 34.1. The highest BCUT2D eigenvalue weighted by Gasteiger charge is 2.23. The van der Waals surface area contributed by atoms with Crippen LogP contribution in [0, 0.1) is 0 Å². The molecular weight excluding hydrogens is 478 g/mol.